The molecular weight excluding hydrogens is 406 g/mol. The van der Waals surface area contributed by atoms with Crippen LogP contribution in [0.5, 0.6) is 11.5 Å². The number of nitrogens with one attached hydrogen (secondary N) is 2. The first-order valence-corrected chi connectivity index (χ1v) is 11.4. The van der Waals surface area contributed by atoms with Crippen LogP contribution in [0.4, 0.5) is 0 Å². The fourth-order valence-corrected chi connectivity index (χ4v) is 3.46. The molecule has 1 aromatic carbocycles. The Morgan fingerprint density at radius 2 is 1.84 bits per heavy atom. The molecule has 0 saturated heterocycles. The zero-order chi connectivity index (χ0) is 23.5. The second-order valence-corrected chi connectivity index (χ2v) is 7.50. The third-order valence-electron chi connectivity index (χ3n) is 5.20. The zero-order valence-corrected chi connectivity index (χ0v) is 20.6. The Labute approximate surface area is 192 Å². The molecule has 1 unspecified atom stereocenters. The molecule has 2 rings (SSSR count). The summed E-state index contributed by atoms with van der Waals surface area (Å²) >= 11 is 0. The number of ether oxygens (including phenoxy) is 3. The molecule has 178 valence electrons. The van der Waals surface area contributed by atoms with Gasteiger partial charge in [-0.15, -0.1) is 0 Å². The number of rotatable bonds is 12. The Hall–Kier alpha value is -2.74. The minimum absolute atomic E-state index is 0.0364. The number of nitrogens with zero attached hydrogens (tertiary/aromatic N) is 3. The van der Waals surface area contributed by atoms with Crippen molar-refractivity contribution in [1.29, 1.82) is 0 Å². The van der Waals surface area contributed by atoms with Crippen LogP contribution < -0.4 is 20.1 Å². The molecule has 1 aromatic heterocycles. The van der Waals surface area contributed by atoms with Gasteiger partial charge in [0.2, 0.25) is 0 Å². The number of hydrogen-bond acceptors (Lipinski definition) is 5. The Bertz CT molecular complexity index is 879. The van der Waals surface area contributed by atoms with Gasteiger partial charge < -0.3 is 24.8 Å². The number of aliphatic imine (C=N–C) groups is 1. The Morgan fingerprint density at radius 3 is 2.50 bits per heavy atom. The van der Waals surface area contributed by atoms with Crippen molar-refractivity contribution in [3.63, 3.8) is 0 Å². The average Bonchev–Trinajstić information content (AvgIpc) is 3.04. The molecule has 0 aliphatic heterocycles. The molecule has 1 atom stereocenters. The summed E-state index contributed by atoms with van der Waals surface area (Å²) in [6, 6.07) is 6.09. The molecule has 8 heteroatoms. The van der Waals surface area contributed by atoms with Gasteiger partial charge in [-0.2, -0.15) is 5.10 Å². The molecule has 0 radical (unpaired) electrons. The molecule has 2 N–H and O–H groups in total. The maximum absolute atomic E-state index is 5.78. The summed E-state index contributed by atoms with van der Waals surface area (Å²) < 4.78 is 18.6. The van der Waals surface area contributed by atoms with Gasteiger partial charge in [-0.3, -0.25) is 4.68 Å². The number of aryl methyl sites for hydroxylation is 1. The molecule has 8 nitrogen and oxygen atoms in total. The van der Waals surface area contributed by atoms with Gasteiger partial charge in [-0.05, 0) is 59.2 Å². The fraction of sp³-hybridized carbons (Fsp3) is 0.583. The summed E-state index contributed by atoms with van der Waals surface area (Å²) in [7, 11) is 1.70. The van der Waals surface area contributed by atoms with Crippen LogP contribution >= 0.6 is 0 Å². The lowest BCUT2D eigenvalue weighted by molar-refractivity contribution is 0.182. The molecule has 0 spiro atoms. The van der Waals surface area contributed by atoms with E-state index in [1.807, 2.05) is 37.6 Å². The highest BCUT2D eigenvalue weighted by Crippen LogP contribution is 2.30. The maximum Gasteiger partial charge on any atom is 0.192 e. The molecule has 0 fully saturated rings. The second kappa shape index (κ2) is 13.0. The lowest BCUT2D eigenvalue weighted by Crippen LogP contribution is -2.38. The highest BCUT2D eigenvalue weighted by atomic mass is 16.5. The Morgan fingerprint density at radius 1 is 1.12 bits per heavy atom. The van der Waals surface area contributed by atoms with E-state index in [9.17, 15) is 0 Å². The molecule has 0 aliphatic carbocycles. The molecule has 0 aliphatic rings. The monoisotopic (exact) mass is 445 g/mol. The van der Waals surface area contributed by atoms with Crippen molar-refractivity contribution < 1.29 is 14.2 Å². The summed E-state index contributed by atoms with van der Waals surface area (Å²) in [5.74, 6) is 2.29. The average molecular weight is 446 g/mol. The van der Waals surface area contributed by atoms with Gasteiger partial charge >= 0.3 is 0 Å². The second-order valence-electron chi connectivity index (χ2n) is 7.50. The van der Waals surface area contributed by atoms with Crippen LogP contribution in [0.15, 0.2) is 23.2 Å². The van der Waals surface area contributed by atoms with E-state index < -0.39 is 0 Å². The third kappa shape index (κ3) is 6.88. The van der Waals surface area contributed by atoms with Crippen LogP contribution in [0.25, 0.3) is 0 Å². The van der Waals surface area contributed by atoms with Crippen molar-refractivity contribution >= 4 is 5.96 Å². The van der Waals surface area contributed by atoms with Gasteiger partial charge in [0.1, 0.15) is 0 Å². The Kier molecular flexibility index (Phi) is 10.3. The summed E-state index contributed by atoms with van der Waals surface area (Å²) in [6.45, 7) is 16.1. The largest absolute Gasteiger partial charge is 0.490 e. The number of hydrogen-bond donors (Lipinski definition) is 2. The van der Waals surface area contributed by atoms with Crippen molar-refractivity contribution in [3.05, 3.63) is 40.7 Å². The van der Waals surface area contributed by atoms with Crippen LogP contribution in [0.1, 0.15) is 56.3 Å². The number of methoxy groups -OCH3 is 1. The smallest absolute Gasteiger partial charge is 0.192 e. The van der Waals surface area contributed by atoms with E-state index in [2.05, 4.69) is 42.6 Å². The van der Waals surface area contributed by atoms with Crippen molar-refractivity contribution in [2.45, 2.75) is 60.7 Å². The van der Waals surface area contributed by atoms with Gasteiger partial charge in [0, 0.05) is 24.9 Å². The third-order valence-corrected chi connectivity index (χ3v) is 5.20. The topological polar surface area (TPSA) is 81.9 Å². The first kappa shape index (κ1) is 25.5. The Balaban J connectivity index is 2.17. The van der Waals surface area contributed by atoms with Gasteiger partial charge in [-0.25, -0.2) is 4.99 Å². The van der Waals surface area contributed by atoms with Gasteiger partial charge in [0.15, 0.2) is 17.5 Å². The van der Waals surface area contributed by atoms with Crippen LogP contribution in [0.3, 0.4) is 0 Å². The van der Waals surface area contributed by atoms with Crippen LogP contribution in [-0.2, 0) is 17.8 Å². The van der Waals surface area contributed by atoms with Crippen LogP contribution in [0, 0.1) is 13.8 Å². The minimum atomic E-state index is 0.0364. The van der Waals surface area contributed by atoms with Crippen LogP contribution in [0.2, 0.25) is 0 Å². The molecule has 0 saturated carbocycles. The van der Waals surface area contributed by atoms with Gasteiger partial charge in [-0.1, -0.05) is 6.07 Å². The molecule has 0 amide bonds. The quantitative estimate of drug-likeness (QED) is 0.382. The molecule has 1 heterocycles. The van der Waals surface area contributed by atoms with Gasteiger partial charge in [0.25, 0.3) is 0 Å². The molecule has 2 aromatic rings. The summed E-state index contributed by atoms with van der Waals surface area (Å²) in [5, 5.41) is 11.5. The van der Waals surface area contributed by atoms with Crippen molar-refractivity contribution in [2.75, 3.05) is 33.5 Å². The SMILES string of the molecule is CCNC(=NCc1c(C)nn(CCOC)c1C)NC(C)c1ccc(OCC)c(OCC)c1. The predicted molar refractivity (Wildman–Crippen MR) is 129 cm³/mol. The predicted octanol–water partition coefficient (Wildman–Crippen LogP) is 3.76. The summed E-state index contributed by atoms with van der Waals surface area (Å²) in [4.78, 5) is 4.82. The van der Waals surface area contributed by atoms with Crippen molar-refractivity contribution in [3.8, 4) is 11.5 Å². The number of benzene rings is 1. The van der Waals surface area contributed by atoms with Crippen molar-refractivity contribution in [1.82, 2.24) is 20.4 Å². The molecule has 32 heavy (non-hydrogen) atoms. The minimum Gasteiger partial charge on any atom is -0.490 e. The first-order chi connectivity index (χ1) is 15.4. The van der Waals surface area contributed by atoms with E-state index in [0.29, 0.717) is 26.4 Å². The van der Waals surface area contributed by atoms with E-state index in [-0.39, 0.29) is 6.04 Å². The highest BCUT2D eigenvalue weighted by Gasteiger charge is 2.14. The summed E-state index contributed by atoms with van der Waals surface area (Å²) in [6.07, 6.45) is 0. The normalized spacial score (nSPS) is 12.5. The van der Waals surface area contributed by atoms with Crippen LogP contribution in [-0.4, -0.2) is 49.2 Å². The zero-order valence-electron chi connectivity index (χ0n) is 20.6. The highest BCUT2D eigenvalue weighted by molar-refractivity contribution is 5.80. The van der Waals surface area contributed by atoms with E-state index in [0.717, 1.165) is 53.1 Å². The fourth-order valence-electron chi connectivity index (χ4n) is 3.46. The van der Waals surface area contributed by atoms with E-state index >= 15 is 0 Å². The standard InChI is InChI=1S/C24H39N5O3/c1-8-25-24(26-16-21-18(5)28-29(19(21)6)13-14-30-7)27-17(4)20-11-12-22(31-9-2)23(15-20)32-10-3/h11-12,15,17H,8-10,13-14,16H2,1-7H3,(H2,25,26,27). The lowest BCUT2D eigenvalue weighted by Gasteiger charge is -2.20. The maximum atomic E-state index is 5.78. The summed E-state index contributed by atoms with van der Waals surface area (Å²) in [5.41, 5.74) is 4.37. The number of guanidine groups is 1. The van der Waals surface area contributed by atoms with E-state index in [4.69, 9.17) is 19.2 Å². The molecular formula is C24H39N5O3. The lowest BCUT2D eigenvalue weighted by atomic mass is 10.1. The van der Waals surface area contributed by atoms with Crippen molar-refractivity contribution in [2.24, 2.45) is 4.99 Å². The molecule has 0 bridgehead atoms. The van der Waals surface area contributed by atoms with E-state index in [1.165, 1.54) is 0 Å². The van der Waals surface area contributed by atoms with E-state index in [1.54, 1.807) is 7.11 Å². The van der Waals surface area contributed by atoms with Gasteiger partial charge in [0.05, 0.1) is 44.6 Å². The number of aromatic nitrogens is 2. The first-order valence-electron chi connectivity index (χ1n) is 11.4.